The van der Waals surface area contributed by atoms with Gasteiger partial charge >= 0.3 is 0 Å². The lowest BCUT2D eigenvalue weighted by molar-refractivity contribution is 0.323. The first kappa shape index (κ1) is 11.5. The Balaban J connectivity index is 1.90. The van der Waals surface area contributed by atoms with Crippen LogP contribution in [0.25, 0.3) is 0 Å². The van der Waals surface area contributed by atoms with E-state index in [1.807, 2.05) is 37.3 Å². The molecule has 0 unspecified atom stereocenters. The van der Waals surface area contributed by atoms with Crippen LogP contribution >= 0.6 is 0 Å². The highest BCUT2D eigenvalue weighted by Gasteiger charge is 2.00. The van der Waals surface area contributed by atoms with E-state index in [1.54, 1.807) is 12.4 Å². The molecule has 88 valence electrons. The van der Waals surface area contributed by atoms with Gasteiger partial charge in [-0.15, -0.1) is 0 Å². The Morgan fingerprint density at radius 2 is 1.94 bits per heavy atom. The first-order chi connectivity index (χ1) is 8.25. The molecule has 2 N–H and O–H groups in total. The Morgan fingerprint density at radius 3 is 2.65 bits per heavy atom. The second kappa shape index (κ2) is 5.34. The molecule has 0 bridgehead atoms. The van der Waals surface area contributed by atoms with Gasteiger partial charge in [0.15, 0.2) is 0 Å². The Hall–Kier alpha value is -2.03. The summed E-state index contributed by atoms with van der Waals surface area (Å²) in [5.74, 6) is 0.754. The van der Waals surface area contributed by atoms with Crippen LogP contribution in [0.2, 0.25) is 0 Å². The van der Waals surface area contributed by atoms with Gasteiger partial charge in [-0.3, -0.25) is 4.98 Å². The van der Waals surface area contributed by atoms with Gasteiger partial charge in [0.05, 0.1) is 12.3 Å². The number of rotatable bonds is 4. The fraction of sp³-hybridized carbons (Fsp3) is 0.214. The van der Waals surface area contributed by atoms with Crippen molar-refractivity contribution in [2.24, 2.45) is 0 Å². The zero-order chi connectivity index (χ0) is 12.1. The van der Waals surface area contributed by atoms with Crippen LogP contribution in [0.1, 0.15) is 11.1 Å². The normalized spacial score (nSPS) is 10.2. The average Bonchev–Trinajstić information content (AvgIpc) is 2.33. The molecular formula is C14H16N2O. The molecule has 1 heterocycles. The predicted octanol–water partition coefficient (Wildman–Crippen LogP) is 2.59. The summed E-state index contributed by atoms with van der Waals surface area (Å²) in [4.78, 5) is 3.97. The van der Waals surface area contributed by atoms with Crippen LogP contribution in [0.3, 0.4) is 0 Å². The van der Waals surface area contributed by atoms with Crippen molar-refractivity contribution in [1.82, 2.24) is 4.98 Å². The SMILES string of the molecule is Cc1ccc(OCCc2ccncc2)c(N)c1. The van der Waals surface area contributed by atoms with Crippen molar-refractivity contribution in [3.8, 4) is 5.75 Å². The Bertz CT molecular complexity index is 483. The van der Waals surface area contributed by atoms with Gasteiger partial charge in [-0.05, 0) is 42.3 Å². The maximum atomic E-state index is 5.87. The molecule has 3 nitrogen and oxygen atoms in total. The molecule has 1 aromatic carbocycles. The van der Waals surface area contributed by atoms with E-state index >= 15 is 0 Å². The van der Waals surface area contributed by atoms with E-state index in [9.17, 15) is 0 Å². The van der Waals surface area contributed by atoms with Crippen molar-refractivity contribution in [1.29, 1.82) is 0 Å². The van der Waals surface area contributed by atoms with Crippen LogP contribution in [0.4, 0.5) is 5.69 Å². The fourth-order valence-corrected chi connectivity index (χ4v) is 1.63. The van der Waals surface area contributed by atoms with E-state index in [-0.39, 0.29) is 0 Å². The van der Waals surface area contributed by atoms with Gasteiger partial charge in [-0.25, -0.2) is 0 Å². The van der Waals surface area contributed by atoms with Crippen molar-refractivity contribution in [2.45, 2.75) is 13.3 Å². The number of nitrogens with two attached hydrogens (primary N) is 1. The van der Waals surface area contributed by atoms with Gasteiger partial charge in [0.2, 0.25) is 0 Å². The zero-order valence-corrected chi connectivity index (χ0v) is 9.89. The topological polar surface area (TPSA) is 48.1 Å². The van der Waals surface area contributed by atoms with Gasteiger partial charge in [0.25, 0.3) is 0 Å². The molecule has 3 heteroatoms. The summed E-state index contributed by atoms with van der Waals surface area (Å²) in [5, 5.41) is 0. The van der Waals surface area contributed by atoms with Crippen molar-refractivity contribution < 1.29 is 4.74 Å². The van der Waals surface area contributed by atoms with Crippen molar-refractivity contribution in [3.63, 3.8) is 0 Å². The summed E-state index contributed by atoms with van der Waals surface area (Å²) in [7, 11) is 0. The van der Waals surface area contributed by atoms with E-state index in [1.165, 1.54) is 5.56 Å². The van der Waals surface area contributed by atoms with Crippen LogP contribution in [0.5, 0.6) is 5.75 Å². The first-order valence-electron chi connectivity index (χ1n) is 5.63. The summed E-state index contributed by atoms with van der Waals surface area (Å²) in [6.07, 6.45) is 4.43. The van der Waals surface area contributed by atoms with Crippen molar-refractivity contribution in [3.05, 3.63) is 53.9 Å². The van der Waals surface area contributed by atoms with E-state index in [0.29, 0.717) is 12.3 Å². The number of nitrogen functional groups attached to an aromatic ring is 1. The molecule has 0 aliphatic carbocycles. The highest BCUT2D eigenvalue weighted by molar-refractivity contribution is 5.54. The van der Waals surface area contributed by atoms with E-state index in [4.69, 9.17) is 10.5 Å². The van der Waals surface area contributed by atoms with Crippen LogP contribution in [0, 0.1) is 6.92 Å². The maximum Gasteiger partial charge on any atom is 0.142 e. The van der Waals surface area contributed by atoms with Gasteiger partial charge in [0, 0.05) is 18.8 Å². The summed E-state index contributed by atoms with van der Waals surface area (Å²) >= 11 is 0. The molecule has 0 saturated carbocycles. The summed E-state index contributed by atoms with van der Waals surface area (Å²) in [6.45, 7) is 2.63. The minimum absolute atomic E-state index is 0.622. The maximum absolute atomic E-state index is 5.87. The van der Waals surface area contributed by atoms with Crippen LogP contribution in [-0.4, -0.2) is 11.6 Å². The summed E-state index contributed by atoms with van der Waals surface area (Å²) in [6, 6.07) is 9.81. The number of nitrogens with zero attached hydrogens (tertiary/aromatic N) is 1. The Morgan fingerprint density at radius 1 is 1.18 bits per heavy atom. The molecule has 1 aromatic heterocycles. The molecule has 0 spiro atoms. The third-order valence-electron chi connectivity index (χ3n) is 2.56. The second-order valence-corrected chi connectivity index (χ2v) is 4.00. The number of aryl methyl sites for hydroxylation is 1. The fourth-order valence-electron chi connectivity index (χ4n) is 1.63. The Labute approximate surface area is 101 Å². The van der Waals surface area contributed by atoms with Crippen LogP contribution < -0.4 is 10.5 Å². The lowest BCUT2D eigenvalue weighted by Crippen LogP contribution is -2.03. The smallest absolute Gasteiger partial charge is 0.142 e. The molecule has 0 amide bonds. The van der Waals surface area contributed by atoms with Crippen LogP contribution in [-0.2, 0) is 6.42 Å². The molecule has 17 heavy (non-hydrogen) atoms. The molecule has 2 rings (SSSR count). The average molecular weight is 228 g/mol. The standard InChI is InChI=1S/C14H16N2O/c1-11-2-3-14(13(15)10-11)17-9-6-12-4-7-16-8-5-12/h2-5,7-8,10H,6,9,15H2,1H3. The molecule has 0 radical (unpaired) electrons. The largest absolute Gasteiger partial charge is 0.491 e. The minimum atomic E-state index is 0.622. The van der Waals surface area contributed by atoms with Gasteiger partial charge in [-0.2, -0.15) is 0 Å². The predicted molar refractivity (Wildman–Crippen MR) is 69.0 cm³/mol. The zero-order valence-electron chi connectivity index (χ0n) is 9.89. The number of anilines is 1. The first-order valence-corrected chi connectivity index (χ1v) is 5.63. The molecule has 0 aliphatic heterocycles. The molecule has 0 aliphatic rings. The molecular weight excluding hydrogens is 212 g/mol. The minimum Gasteiger partial charge on any atom is -0.491 e. The molecule has 0 fully saturated rings. The second-order valence-electron chi connectivity index (χ2n) is 4.00. The number of benzene rings is 1. The van der Waals surface area contributed by atoms with Crippen LogP contribution in [0.15, 0.2) is 42.7 Å². The van der Waals surface area contributed by atoms with E-state index < -0.39 is 0 Å². The molecule has 0 saturated heterocycles. The highest BCUT2D eigenvalue weighted by atomic mass is 16.5. The van der Waals surface area contributed by atoms with Gasteiger partial charge < -0.3 is 10.5 Å². The quantitative estimate of drug-likeness (QED) is 0.818. The Kier molecular flexibility index (Phi) is 3.60. The van der Waals surface area contributed by atoms with Gasteiger partial charge in [-0.1, -0.05) is 6.07 Å². The van der Waals surface area contributed by atoms with E-state index in [2.05, 4.69) is 4.98 Å². The third-order valence-corrected chi connectivity index (χ3v) is 2.56. The van der Waals surface area contributed by atoms with E-state index in [0.717, 1.165) is 17.7 Å². The number of hydrogen-bond acceptors (Lipinski definition) is 3. The van der Waals surface area contributed by atoms with Gasteiger partial charge in [0.1, 0.15) is 5.75 Å². The lowest BCUT2D eigenvalue weighted by atomic mass is 10.2. The molecule has 0 atom stereocenters. The van der Waals surface area contributed by atoms with Crippen molar-refractivity contribution in [2.75, 3.05) is 12.3 Å². The summed E-state index contributed by atoms with van der Waals surface area (Å²) in [5.41, 5.74) is 8.92. The third kappa shape index (κ3) is 3.21. The molecule has 2 aromatic rings. The summed E-state index contributed by atoms with van der Waals surface area (Å²) < 4.78 is 5.65. The highest BCUT2D eigenvalue weighted by Crippen LogP contribution is 2.22. The number of aromatic nitrogens is 1. The van der Waals surface area contributed by atoms with Crippen molar-refractivity contribution >= 4 is 5.69 Å². The number of ether oxygens (including phenoxy) is 1. The number of pyridine rings is 1. The lowest BCUT2D eigenvalue weighted by Gasteiger charge is -2.09. The number of hydrogen-bond donors (Lipinski definition) is 1. The monoisotopic (exact) mass is 228 g/mol.